The molecule has 2 N–H and O–H groups in total. The van der Waals surface area contributed by atoms with Crippen molar-refractivity contribution in [2.75, 3.05) is 12.4 Å². The van der Waals surface area contributed by atoms with Gasteiger partial charge in [0, 0.05) is 10.6 Å². The predicted octanol–water partition coefficient (Wildman–Crippen LogP) is 4.15. The summed E-state index contributed by atoms with van der Waals surface area (Å²) in [6.45, 7) is 0. The van der Waals surface area contributed by atoms with Crippen LogP contribution in [0.2, 0.25) is 0 Å². The number of hydrogen-bond acceptors (Lipinski definition) is 4. The van der Waals surface area contributed by atoms with E-state index in [-0.39, 0.29) is 23.8 Å². The minimum Gasteiger partial charge on any atom is -0.325 e. The number of rotatable bonds is 3. The Morgan fingerprint density at radius 2 is 2.33 bits per heavy atom. The van der Waals surface area contributed by atoms with Crippen molar-refractivity contribution in [1.29, 1.82) is 0 Å². The lowest BCUT2D eigenvalue weighted by atomic mass is 10.1. The quantitative estimate of drug-likeness (QED) is 0.720. The first-order chi connectivity index (χ1) is 11.5. The Hall–Kier alpha value is -1.06. The molecule has 1 aliphatic heterocycles. The molecule has 0 spiro atoms. The lowest BCUT2D eigenvalue weighted by Crippen LogP contribution is -2.47. The van der Waals surface area contributed by atoms with Crippen LogP contribution in [0.1, 0.15) is 17.3 Å². The summed E-state index contributed by atoms with van der Waals surface area (Å²) >= 11 is 4.81. The highest BCUT2D eigenvalue weighted by molar-refractivity contribution is 9.10. The van der Waals surface area contributed by atoms with Crippen molar-refractivity contribution in [2.45, 2.75) is 18.5 Å². The van der Waals surface area contributed by atoms with E-state index in [1.165, 1.54) is 10.9 Å². The number of benzene rings is 1. The molecule has 128 valence electrons. The van der Waals surface area contributed by atoms with Crippen LogP contribution in [0.4, 0.5) is 10.1 Å². The van der Waals surface area contributed by atoms with Crippen LogP contribution < -0.4 is 10.0 Å². The van der Waals surface area contributed by atoms with E-state index in [2.05, 4.69) is 37.9 Å². The van der Waals surface area contributed by atoms with Gasteiger partial charge in [-0.1, -0.05) is 16.9 Å². The lowest BCUT2D eigenvalue weighted by molar-refractivity contribution is -0.119. The smallest absolute Gasteiger partial charge is 0.242 e. The van der Waals surface area contributed by atoms with Gasteiger partial charge in [-0.15, -0.1) is 11.3 Å². The number of anilines is 1. The fourth-order valence-electron chi connectivity index (χ4n) is 2.56. The fourth-order valence-corrected chi connectivity index (χ4v) is 5.01. The molecule has 3 atom stereocenters. The van der Waals surface area contributed by atoms with Gasteiger partial charge in [-0.05, 0) is 64.9 Å². The molecule has 1 aromatic heterocycles. The number of amides is 1. The van der Waals surface area contributed by atoms with Crippen LogP contribution in [-0.2, 0) is 4.79 Å². The average Bonchev–Trinajstić information content (AvgIpc) is 3.08. The molecule has 1 aromatic carbocycles. The molecule has 1 fully saturated rings. The highest BCUT2D eigenvalue weighted by Crippen LogP contribution is 2.35. The molecule has 1 amide bonds. The first kappa shape index (κ1) is 17.8. The topological polar surface area (TPSA) is 44.4 Å². The SMILES string of the molecule is C=S1NC(c2cccs2)CC(C(=O)Nc2ccc(F)c(Br)c2)N1C. The largest absolute Gasteiger partial charge is 0.325 e. The molecular weight excluding hydrogens is 413 g/mol. The summed E-state index contributed by atoms with van der Waals surface area (Å²) in [7, 11) is 1.43. The van der Waals surface area contributed by atoms with Crippen molar-refractivity contribution in [3.8, 4) is 0 Å². The number of nitrogens with zero attached hydrogens (tertiary/aromatic N) is 1. The average molecular weight is 430 g/mol. The maximum atomic E-state index is 13.3. The summed E-state index contributed by atoms with van der Waals surface area (Å²) in [4.78, 5) is 13.9. The minimum atomic E-state index is -0.456. The third kappa shape index (κ3) is 3.78. The van der Waals surface area contributed by atoms with Crippen LogP contribution in [0.15, 0.2) is 40.2 Å². The van der Waals surface area contributed by atoms with Crippen LogP contribution in [0.25, 0.3) is 0 Å². The van der Waals surface area contributed by atoms with Gasteiger partial charge in [0.15, 0.2) is 0 Å². The molecule has 0 saturated carbocycles. The zero-order valence-electron chi connectivity index (χ0n) is 13.0. The Labute approximate surface area is 155 Å². The normalized spacial score (nSPS) is 24.7. The van der Waals surface area contributed by atoms with Gasteiger partial charge in [-0.2, -0.15) is 0 Å². The van der Waals surface area contributed by atoms with Crippen molar-refractivity contribution >= 4 is 55.6 Å². The van der Waals surface area contributed by atoms with Crippen LogP contribution in [0.5, 0.6) is 0 Å². The van der Waals surface area contributed by atoms with E-state index >= 15 is 0 Å². The van der Waals surface area contributed by atoms with Crippen molar-refractivity contribution in [1.82, 2.24) is 9.03 Å². The molecule has 4 nitrogen and oxygen atoms in total. The molecule has 3 unspecified atom stereocenters. The molecule has 8 heteroatoms. The van der Waals surface area contributed by atoms with Crippen LogP contribution in [0, 0.1) is 5.82 Å². The second-order valence-electron chi connectivity index (χ2n) is 5.47. The van der Waals surface area contributed by atoms with E-state index in [1.807, 2.05) is 22.8 Å². The Morgan fingerprint density at radius 3 is 3.00 bits per heavy atom. The Bertz CT molecular complexity index is 769. The number of carbonyl (C=O) groups excluding carboxylic acids is 1. The third-order valence-electron chi connectivity index (χ3n) is 3.90. The van der Waals surface area contributed by atoms with Crippen LogP contribution in [-0.4, -0.2) is 29.2 Å². The molecule has 1 aliphatic rings. The van der Waals surface area contributed by atoms with E-state index in [4.69, 9.17) is 0 Å². The van der Waals surface area contributed by atoms with E-state index in [1.54, 1.807) is 23.5 Å². The van der Waals surface area contributed by atoms with Crippen molar-refractivity contribution < 1.29 is 9.18 Å². The van der Waals surface area contributed by atoms with Gasteiger partial charge in [0.25, 0.3) is 0 Å². The molecule has 0 bridgehead atoms. The first-order valence-corrected chi connectivity index (χ1v) is 10.3. The highest BCUT2D eigenvalue weighted by atomic mass is 79.9. The second kappa shape index (κ2) is 7.45. The number of hydrogen-bond donors (Lipinski definition) is 2. The fraction of sp³-hybridized carbons (Fsp3) is 0.250. The maximum absolute atomic E-state index is 13.3. The summed E-state index contributed by atoms with van der Waals surface area (Å²) in [5, 5.41) is 4.90. The van der Waals surface area contributed by atoms with Crippen LogP contribution in [0.3, 0.4) is 0 Å². The zero-order chi connectivity index (χ0) is 17.3. The number of likely N-dealkylation sites (N-methyl/N-ethyl adjacent to an activating group) is 1. The van der Waals surface area contributed by atoms with E-state index in [0.717, 1.165) is 0 Å². The van der Waals surface area contributed by atoms with Gasteiger partial charge in [0.2, 0.25) is 5.91 Å². The summed E-state index contributed by atoms with van der Waals surface area (Å²) in [5.41, 5.74) is 0.567. The van der Waals surface area contributed by atoms with Gasteiger partial charge in [0.05, 0.1) is 10.5 Å². The van der Waals surface area contributed by atoms with Gasteiger partial charge >= 0.3 is 0 Å². The maximum Gasteiger partial charge on any atom is 0.242 e. The van der Waals surface area contributed by atoms with E-state index < -0.39 is 10.9 Å². The molecule has 1 saturated heterocycles. The molecule has 2 aromatic rings. The molecule has 2 heterocycles. The highest BCUT2D eigenvalue weighted by Gasteiger charge is 2.34. The first-order valence-electron chi connectivity index (χ1n) is 7.28. The summed E-state index contributed by atoms with van der Waals surface area (Å²) < 4.78 is 19.0. The van der Waals surface area contributed by atoms with E-state index in [0.29, 0.717) is 16.6 Å². The van der Waals surface area contributed by atoms with E-state index in [9.17, 15) is 9.18 Å². The zero-order valence-corrected chi connectivity index (χ0v) is 16.2. The lowest BCUT2D eigenvalue weighted by Gasteiger charge is -2.38. The van der Waals surface area contributed by atoms with Crippen molar-refractivity contribution in [3.05, 3.63) is 50.9 Å². The van der Waals surface area contributed by atoms with Gasteiger partial charge in [-0.25, -0.2) is 13.4 Å². The molecule has 3 rings (SSSR count). The summed E-state index contributed by atoms with van der Waals surface area (Å²) in [5.74, 6) is 3.65. The summed E-state index contributed by atoms with van der Waals surface area (Å²) in [6.07, 6.45) is 0.657. The second-order valence-corrected chi connectivity index (χ2v) is 8.84. The Morgan fingerprint density at radius 1 is 1.54 bits per heavy atom. The molecular formula is C16H17BrFN3OS2. The number of nitrogens with one attached hydrogen (secondary N) is 2. The number of carbonyl (C=O) groups is 1. The van der Waals surface area contributed by atoms with Crippen LogP contribution >= 0.6 is 38.1 Å². The van der Waals surface area contributed by atoms with Crippen molar-refractivity contribution in [2.24, 2.45) is 0 Å². The van der Waals surface area contributed by atoms with Gasteiger partial charge in [-0.3, -0.25) is 4.79 Å². The third-order valence-corrected chi connectivity index (χ3v) is 7.00. The monoisotopic (exact) mass is 429 g/mol. The number of thiophene rings is 1. The predicted molar refractivity (Wildman–Crippen MR) is 104 cm³/mol. The molecule has 0 aliphatic carbocycles. The van der Waals surface area contributed by atoms with Crippen molar-refractivity contribution in [3.63, 3.8) is 0 Å². The summed E-state index contributed by atoms with van der Waals surface area (Å²) in [6, 6.07) is 8.32. The molecule has 0 radical (unpaired) electrons. The molecule has 24 heavy (non-hydrogen) atoms. The number of halogens is 2. The standard InChI is InChI=1S/C16H17BrFN3OS2/c1-21-14(9-13(20-24(21)2)15-4-3-7-23-15)16(22)19-10-5-6-12(18)11(17)8-10/h3-8,13-14,20H,2,9H2,1H3,(H,19,22). The minimum absolute atomic E-state index is 0.109. The van der Waals surface area contributed by atoms with Gasteiger partial charge < -0.3 is 5.32 Å². The Balaban J connectivity index is 1.76. The Kier molecular flexibility index (Phi) is 5.51. The van der Waals surface area contributed by atoms with Gasteiger partial charge in [0.1, 0.15) is 11.9 Å².